The van der Waals surface area contributed by atoms with Crippen molar-refractivity contribution in [2.24, 2.45) is 15.9 Å². The summed E-state index contributed by atoms with van der Waals surface area (Å²) in [6.07, 6.45) is 12.2. The fourth-order valence-electron chi connectivity index (χ4n) is 5.80. The van der Waals surface area contributed by atoms with Crippen molar-refractivity contribution in [3.63, 3.8) is 0 Å². The summed E-state index contributed by atoms with van der Waals surface area (Å²) in [5, 5.41) is 21.2. The van der Waals surface area contributed by atoms with Crippen LogP contribution >= 0.6 is 0 Å². The molecule has 2 aliphatic carbocycles. The Hall–Kier alpha value is -2.62. The Morgan fingerprint density at radius 2 is 1.48 bits per heavy atom. The van der Waals surface area contributed by atoms with Crippen molar-refractivity contribution < 1.29 is 10.2 Å². The van der Waals surface area contributed by atoms with Crippen LogP contribution in [0.2, 0.25) is 0 Å². The van der Waals surface area contributed by atoms with E-state index in [9.17, 15) is 10.2 Å². The van der Waals surface area contributed by atoms with Crippen molar-refractivity contribution in [2.45, 2.75) is 90.6 Å². The number of nitrogens with zero attached hydrogens (tertiary/aromatic N) is 2. The SMILES string of the molecule is CCCc1cc(C)c(O)c(C=NC2CC3CCC2(N=Cc2cc(CCC)cc(C)c2O)C3)c1. The van der Waals surface area contributed by atoms with Crippen LogP contribution in [0.5, 0.6) is 11.5 Å². The minimum Gasteiger partial charge on any atom is -0.507 e. The summed E-state index contributed by atoms with van der Waals surface area (Å²) < 4.78 is 0. The summed E-state index contributed by atoms with van der Waals surface area (Å²) in [5.74, 6) is 1.32. The van der Waals surface area contributed by atoms with Crippen molar-refractivity contribution in [3.05, 3.63) is 57.6 Å². The molecule has 4 rings (SSSR count). The fraction of sp³-hybridized carbons (Fsp3) is 0.517. The molecule has 33 heavy (non-hydrogen) atoms. The van der Waals surface area contributed by atoms with E-state index in [0.29, 0.717) is 17.4 Å². The Kier molecular flexibility index (Phi) is 6.92. The van der Waals surface area contributed by atoms with Gasteiger partial charge in [-0.15, -0.1) is 0 Å². The number of phenols is 2. The van der Waals surface area contributed by atoms with E-state index < -0.39 is 0 Å². The van der Waals surface area contributed by atoms with Crippen LogP contribution in [0.3, 0.4) is 0 Å². The van der Waals surface area contributed by atoms with Gasteiger partial charge in [-0.25, -0.2) is 0 Å². The second kappa shape index (κ2) is 9.70. The van der Waals surface area contributed by atoms with Crippen LogP contribution < -0.4 is 0 Å². The van der Waals surface area contributed by atoms with Gasteiger partial charge in [-0.1, -0.05) is 38.8 Å². The van der Waals surface area contributed by atoms with Gasteiger partial charge >= 0.3 is 0 Å². The van der Waals surface area contributed by atoms with Crippen molar-refractivity contribution in [1.82, 2.24) is 0 Å². The lowest BCUT2D eigenvalue weighted by Gasteiger charge is -2.28. The maximum atomic E-state index is 10.6. The number of fused-ring (bicyclic) bond motifs is 2. The quantitative estimate of drug-likeness (QED) is 0.457. The standard InChI is InChI=1S/C29H38N2O2/c1-5-7-21-11-19(3)27(32)24(13-21)17-30-26-15-23-9-10-29(26,16-23)31-18-25-14-22(8-6-2)12-20(4)28(25)33/h11-14,17-18,23,26,32-33H,5-10,15-16H2,1-4H3. The van der Waals surface area contributed by atoms with Crippen LogP contribution in [0.4, 0.5) is 0 Å². The summed E-state index contributed by atoms with van der Waals surface area (Å²) in [6.45, 7) is 8.26. The predicted octanol–water partition coefficient (Wildman–Crippen LogP) is 6.47. The topological polar surface area (TPSA) is 65.2 Å². The summed E-state index contributed by atoms with van der Waals surface area (Å²) in [7, 11) is 0. The van der Waals surface area contributed by atoms with Gasteiger partial charge in [0.25, 0.3) is 0 Å². The normalized spacial score (nSPS) is 24.5. The molecule has 2 aliphatic rings. The summed E-state index contributed by atoms with van der Waals surface area (Å²) in [5.41, 5.74) is 5.72. The Morgan fingerprint density at radius 1 is 0.909 bits per heavy atom. The molecule has 2 fully saturated rings. The summed E-state index contributed by atoms with van der Waals surface area (Å²) in [6, 6.07) is 8.40. The second-order valence-corrected chi connectivity index (χ2v) is 10.2. The second-order valence-electron chi connectivity index (χ2n) is 10.2. The lowest BCUT2D eigenvalue weighted by molar-refractivity contribution is 0.367. The zero-order chi connectivity index (χ0) is 23.6. The molecular weight excluding hydrogens is 408 g/mol. The molecule has 176 valence electrons. The fourth-order valence-corrected chi connectivity index (χ4v) is 5.80. The van der Waals surface area contributed by atoms with E-state index in [1.807, 2.05) is 26.3 Å². The van der Waals surface area contributed by atoms with Gasteiger partial charge in [0.1, 0.15) is 11.5 Å². The third-order valence-electron chi connectivity index (χ3n) is 7.52. The number of phenolic OH excluding ortho intramolecular Hbond substituents is 2. The molecule has 2 aromatic carbocycles. The zero-order valence-electron chi connectivity index (χ0n) is 20.6. The van der Waals surface area contributed by atoms with Gasteiger partial charge < -0.3 is 10.2 Å². The average molecular weight is 447 g/mol. The molecule has 4 heteroatoms. The van der Waals surface area contributed by atoms with E-state index in [1.165, 1.54) is 17.5 Å². The number of aromatic hydroxyl groups is 2. The van der Waals surface area contributed by atoms with Crippen LogP contribution in [0.15, 0.2) is 34.3 Å². The minimum absolute atomic E-state index is 0.115. The molecule has 2 aromatic rings. The molecule has 0 radical (unpaired) electrons. The first-order chi connectivity index (χ1) is 15.8. The third kappa shape index (κ3) is 4.85. The van der Waals surface area contributed by atoms with Crippen LogP contribution in [-0.4, -0.2) is 34.2 Å². The minimum atomic E-state index is -0.200. The molecule has 0 amide bonds. The molecule has 2 bridgehead atoms. The van der Waals surface area contributed by atoms with E-state index in [0.717, 1.165) is 67.2 Å². The Bertz CT molecular complexity index is 1070. The highest BCUT2D eigenvalue weighted by molar-refractivity contribution is 5.86. The first-order valence-corrected chi connectivity index (χ1v) is 12.6. The molecule has 0 aliphatic heterocycles. The molecule has 0 saturated heterocycles. The maximum absolute atomic E-state index is 10.6. The first-order valence-electron chi connectivity index (χ1n) is 12.6. The molecular formula is C29H38N2O2. The average Bonchev–Trinajstić information content (AvgIpc) is 3.35. The van der Waals surface area contributed by atoms with E-state index in [4.69, 9.17) is 9.98 Å². The van der Waals surface area contributed by atoms with Crippen LogP contribution in [0, 0.1) is 19.8 Å². The number of hydrogen-bond donors (Lipinski definition) is 2. The number of benzene rings is 2. The molecule has 2 saturated carbocycles. The highest BCUT2D eigenvalue weighted by atomic mass is 16.3. The van der Waals surface area contributed by atoms with Gasteiger partial charge in [-0.05, 0) is 92.7 Å². The number of aryl methyl sites for hydroxylation is 4. The number of hydrogen-bond acceptors (Lipinski definition) is 4. The van der Waals surface area contributed by atoms with Gasteiger partial charge in [0.2, 0.25) is 0 Å². The lowest BCUT2D eigenvalue weighted by Crippen LogP contribution is -2.34. The molecule has 3 unspecified atom stereocenters. The van der Waals surface area contributed by atoms with E-state index >= 15 is 0 Å². The summed E-state index contributed by atoms with van der Waals surface area (Å²) >= 11 is 0. The number of rotatable bonds is 8. The predicted molar refractivity (Wildman–Crippen MR) is 137 cm³/mol. The number of aliphatic imine (C=N–C) groups is 2. The third-order valence-corrected chi connectivity index (χ3v) is 7.52. The van der Waals surface area contributed by atoms with Crippen LogP contribution in [0.1, 0.15) is 85.8 Å². The molecule has 0 aromatic heterocycles. The van der Waals surface area contributed by atoms with E-state index in [2.05, 4.69) is 38.1 Å². The van der Waals surface area contributed by atoms with Crippen molar-refractivity contribution in [3.8, 4) is 11.5 Å². The summed E-state index contributed by atoms with van der Waals surface area (Å²) in [4.78, 5) is 10.1. The Morgan fingerprint density at radius 3 is 2.03 bits per heavy atom. The van der Waals surface area contributed by atoms with Gasteiger partial charge in [0.05, 0.1) is 11.6 Å². The highest BCUT2D eigenvalue weighted by Gasteiger charge is 2.52. The van der Waals surface area contributed by atoms with E-state index in [-0.39, 0.29) is 11.6 Å². The van der Waals surface area contributed by atoms with Gasteiger partial charge in [-0.2, -0.15) is 0 Å². The maximum Gasteiger partial charge on any atom is 0.127 e. The molecule has 3 atom stereocenters. The Balaban J connectivity index is 1.61. The van der Waals surface area contributed by atoms with Gasteiger partial charge in [0, 0.05) is 23.6 Å². The van der Waals surface area contributed by atoms with Gasteiger partial charge in [-0.3, -0.25) is 9.98 Å². The van der Waals surface area contributed by atoms with E-state index in [1.54, 1.807) is 0 Å². The first kappa shape index (κ1) is 23.5. The van der Waals surface area contributed by atoms with Crippen molar-refractivity contribution in [1.29, 1.82) is 0 Å². The smallest absolute Gasteiger partial charge is 0.127 e. The van der Waals surface area contributed by atoms with Crippen LogP contribution in [0.25, 0.3) is 0 Å². The monoisotopic (exact) mass is 446 g/mol. The highest BCUT2D eigenvalue weighted by Crippen LogP contribution is 2.51. The Labute approximate surface area is 198 Å². The molecule has 4 nitrogen and oxygen atoms in total. The lowest BCUT2D eigenvalue weighted by atomic mass is 9.89. The molecule has 2 N–H and O–H groups in total. The molecule has 0 spiro atoms. The van der Waals surface area contributed by atoms with Crippen molar-refractivity contribution in [2.75, 3.05) is 0 Å². The zero-order valence-corrected chi connectivity index (χ0v) is 20.6. The largest absolute Gasteiger partial charge is 0.507 e. The van der Waals surface area contributed by atoms with Crippen LogP contribution in [-0.2, 0) is 12.8 Å². The van der Waals surface area contributed by atoms with Crippen molar-refractivity contribution >= 4 is 12.4 Å². The van der Waals surface area contributed by atoms with Gasteiger partial charge in [0.15, 0.2) is 0 Å². The molecule has 0 heterocycles.